The first kappa shape index (κ1) is 14.0. The van der Waals surface area contributed by atoms with Crippen molar-refractivity contribution >= 4 is 45.3 Å². The number of nitrogens with one attached hydrogen (secondary N) is 1. The van der Waals surface area contributed by atoms with Gasteiger partial charge in [0.05, 0.1) is 5.56 Å². The van der Waals surface area contributed by atoms with Crippen LogP contribution in [0.4, 0.5) is 0 Å². The predicted octanol–water partition coefficient (Wildman–Crippen LogP) is 0.985. The molecule has 19 heavy (non-hydrogen) atoms. The molecule has 100 valence electrons. The molecule has 0 aliphatic carbocycles. The number of imide groups is 1. The highest BCUT2D eigenvalue weighted by molar-refractivity contribution is 9.10. The van der Waals surface area contributed by atoms with Crippen molar-refractivity contribution in [3.63, 3.8) is 0 Å². The molecule has 1 aliphatic heterocycles. The van der Waals surface area contributed by atoms with Gasteiger partial charge in [-0.2, -0.15) is 0 Å². The molecule has 0 saturated carbocycles. The minimum atomic E-state index is -0.736. The molecule has 1 unspecified atom stereocenters. The van der Waals surface area contributed by atoms with Crippen LogP contribution in [0, 0.1) is 0 Å². The quantitative estimate of drug-likeness (QED) is 0.607. The summed E-state index contributed by atoms with van der Waals surface area (Å²) in [4.78, 5) is 40.2. The Bertz CT molecular complexity index is 578. The molecule has 8 heteroatoms. The summed E-state index contributed by atoms with van der Waals surface area (Å²) in [6, 6.07) is 0.765. The molecule has 1 saturated heterocycles. The first-order valence-electron chi connectivity index (χ1n) is 5.36. The smallest absolute Gasteiger partial charge is 0.258 e. The SMILES string of the molecule is CC1C(=O)NC(=O)CN1C(=O)c1cc(Br)cnc1Cl. The van der Waals surface area contributed by atoms with Crippen LogP contribution in [0.5, 0.6) is 0 Å². The van der Waals surface area contributed by atoms with Gasteiger partial charge in [-0.25, -0.2) is 4.98 Å². The number of amides is 3. The minimum Gasteiger partial charge on any atom is -0.317 e. The van der Waals surface area contributed by atoms with Crippen molar-refractivity contribution in [3.8, 4) is 0 Å². The van der Waals surface area contributed by atoms with E-state index in [0.717, 1.165) is 4.90 Å². The monoisotopic (exact) mass is 345 g/mol. The molecule has 0 spiro atoms. The second-order valence-electron chi connectivity index (χ2n) is 4.01. The summed E-state index contributed by atoms with van der Waals surface area (Å²) in [5.74, 6) is -1.53. The lowest BCUT2D eigenvalue weighted by molar-refractivity contribution is -0.138. The second-order valence-corrected chi connectivity index (χ2v) is 5.29. The van der Waals surface area contributed by atoms with Crippen molar-refractivity contribution in [3.05, 3.63) is 27.5 Å². The minimum absolute atomic E-state index is 0.0267. The fourth-order valence-corrected chi connectivity index (χ4v) is 2.21. The molecule has 1 fully saturated rings. The van der Waals surface area contributed by atoms with Gasteiger partial charge in [-0.3, -0.25) is 19.7 Å². The molecule has 0 aromatic carbocycles. The molecule has 1 aromatic rings. The summed E-state index contributed by atoms with van der Waals surface area (Å²) >= 11 is 9.06. The molecular weight excluding hydrogens is 337 g/mol. The van der Waals surface area contributed by atoms with E-state index < -0.39 is 23.8 Å². The average molecular weight is 347 g/mol. The standard InChI is InChI=1S/C11H9BrClN3O3/c1-5-10(18)15-8(17)4-16(5)11(19)7-2-6(12)3-14-9(7)13/h2-3,5H,4H2,1H3,(H,15,17,18). The summed E-state index contributed by atoms with van der Waals surface area (Å²) in [7, 11) is 0. The number of nitrogens with zero attached hydrogens (tertiary/aromatic N) is 2. The van der Waals surface area contributed by atoms with Crippen LogP contribution in [0.25, 0.3) is 0 Å². The largest absolute Gasteiger partial charge is 0.317 e. The van der Waals surface area contributed by atoms with Gasteiger partial charge in [0.15, 0.2) is 0 Å². The van der Waals surface area contributed by atoms with Gasteiger partial charge in [0.1, 0.15) is 17.7 Å². The number of pyridine rings is 1. The number of aromatic nitrogens is 1. The highest BCUT2D eigenvalue weighted by Crippen LogP contribution is 2.21. The molecule has 3 amide bonds. The number of piperazine rings is 1. The van der Waals surface area contributed by atoms with Crippen LogP contribution in [-0.4, -0.2) is 40.2 Å². The van der Waals surface area contributed by atoms with Crippen LogP contribution in [0.15, 0.2) is 16.7 Å². The Balaban J connectivity index is 2.35. The number of halogens is 2. The fourth-order valence-electron chi connectivity index (χ4n) is 1.69. The summed E-state index contributed by atoms with van der Waals surface area (Å²) in [6.45, 7) is 1.35. The molecule has 1 aromatic heterocycles. The maximum atomic E-state index is 12.3. The van der Waals surface area contributed by atoms with Crippen molar-refractivity contribution in [2.24, 2.45) is 0 Å². The molecule has 1 atom stereocenters. The zero-order valence-electron chi connectivity index (χ0n) is 9.81. The Morgan fingerprint density at radius 2 is 2.26 bits per heavy atom. The topological polar surface area (TPSA) is 79.4 Å². The van der Waals surface area contributed by atoms with Crippen molar-refractivity contribution in [2.75, 3.05) is 6.54 Å². The fraction of sp³-hybridized carbons (Fsp3) is 0.273. The lowest BCUT2D eigenvalue weighted by Gasteiger charge is -2.31. The Labute approximate surface area is 122 Å². The van der Waals surface area contributed by atoms with Crippen LogP contribution in [0.2, 0.25) is 5.15 Å². The number of hydrogen-bond donors (Lipinski definition) is 1. The molecule has 6 nitrogen and oxygen atoms in total. The van der Waals surface area contributed by atoms with E-state index >= 15 is 0 Å². The van der Waals surface area contributed by atoms with Gasteiger partial charge in [-0.05, 0) is 28.9 Å². The summed E-state index contributed by atoms with van der Waals surface area (Å²) < 4.78 is 0.584. The number of carbonyl (C=O) groups is 3. The van der Waals surface area contributed by atoms with Crippen molar-refractivity contribution in [1.29, 1.82) is 0 Å². The summed E-state index contributed by atoms with van der Waals surface area (Å²) in [6.07, 6.45) is 1.45. The number of hydrogen-bond acceptors (Lipinski definition) is 4. The molecule has 1 aliphatic rings. The van der Waals surface area contributed by atoms with E-state index in [1.54, 1.807) is 6.92 Å². The van der Waals surface area contributed by atoms with Gasteiger partial charge < -0.3 is 4.90 Å². The van der Waals surface area contributed by atoms with Crippen LogP contribution in [-0.2, 0) is 9.59 Å². The highest BCUT2D eigenvalue weighted by Gasteiger charge is 2.34. The van der Waals surface area contributed by atoms with E-state index in [2.05, 4.69) is 26.2 Å². The van der Waals surface area contributed by atoms with Crippen molar-refractivity contribution < 1.29 is 14.4 Å². The van der Waals surface area contributed by atoms with E-state index in [-0.39, 0.29) is 17.3 Å². The first-order valence-corrected chi connectivity index (χ1v) is 6.53. The molecule has 0 bridgehead atoms. The lowest BCUT2D eigenvalue weighted by Crippen LogP contribution is -2.58. The van der Waals surface area contributed by atoms with E-state index in [1.807, 2.05) is 0 Å². The summed E-state index contributed by atoms with van der Waals surface area (Å²) in [5, 5.41) is 2.19. The molecular formula is C11H9BrClN3O3. The normalized spacial score (nSPS) is 19.3. The Morgan fingerprint density at radius 3 is 2.95 bits per heavy atom. The van der Waals surface area contributed by atoms with Gasteiger partial charge >= 0.3 is 0 Å². The van der Waals surface area contributed by atoms with E-state index in [9.17, 15) is 14.4 Å². The zero-order valence-corrected chi connectivity index (χ0v) is 12.2. The van der Waals surface area contributed by atoms with Crippen molar-refractivity contribution in [2.45, 2.75) is 13.0 Å². The van der Waals surface area contributed by atoms with Gasteiger partial charge in [0.25, 0.3) is 5.91 Å². The second kappa shape index (κ2) is 5.26. The lowest BCUT2D eigenvalue weighted by atomic mass is 10.1. The van der Waals surface area contributed by atoms with Crippen LogP contribution in [0.3, 0.4) is 0 Å². The van der Waals surface area contributed by atoms with Gasteiger partial charge in [-0.1, -0.05) is 11.6 Å². The third kappa shape index (κ3) is 2.76. The molecule has 0 radical (unpaired) electrons. The molecule has 2 rings (SSSR count). The average Bonchev–Trinajstić information content (AvgIpc) is 2.36. The van der Waals surface area contributed by atoms with Crippen molar-refractivity contribution in [1.82, 2.24) is 15.2 Å². The first-order chi connectivity index (χ1) is 8.90. The Hall–Kier alpha value is -1.47. The van der Waals surface area contributed by atoms with E-state index in [4.69, 9.17) is 11.6 Å². The van der Waals surface area contributed by atoms with E-state index in [0.29, 0.717) is 4.47 Å². The zero-order chi connectivity index (χ0) is 14.2. The van der Waals surface area contributed by atoms with Gasteiger partial charge in [-0.15, -0.1) is 0 Å². The number of rotatable bonds is 1. The molecule has 2 heterocycles. The van der Waals surface area contributed by atoms with Crippen LogP contribution >= 0.6 is 27.5 Å². The molecule has 1 N–H and O–H groups in total. The van der Waals surface area contributed by atoms with Crippen LogP contribution in [0.1, 0.15) is 17.3 Å². The van der Waals surface area contributed by atoms with Gasteiger partial charge in [0, 0.05) is 10.7 Å². The third-order valence-corrected chi connectivity index (χ3v) is 3.46. The predicted molar refractivity (Wildman–Crippen MR) is 70.6 cm³/mol. The summed E-state index contributed by atoms with van der Waals surface area (Å²) in [5.41, 5.74) is 0.144. The number of carbonyl (C=O) groups excluding carboxylic acids is 3. The van der Waals surface area contributed by atoms with Crippen LogP contribution < -0.4 is 5.32 Å². The third-order valence-electron chi connectivity index (χ3n) is 2.72. The Kier molecular flexibility index (Phi) is 3.86. The maximum absolute atomic E-state index is 12.3. The van der Waals surface area contributed by atoms with E-state index in [1.165, 1.54) is 12.3 Å². The highest BCUT2D eigenvalue weighted by atomic mass is 79.9. The maximum Gasteiger partial charge on any atom is 0.258 e. The van der Waals surface area contributed by atoms with Gasteiger partial charge in [0.2, 0.25) is 11.8 Å². The Morgan fingerprint density at radius 1 is 1.58 bits per heavy atom.